The number of phenolic OH excluding ortho intramolecular Hbond substituents is 1. The average molecular weight is 328 g/mol. The molecule has 0 atom stereocenters. The van der Waals surface area contributed by atoms with Gasteiger partial charge in [0.05, 0.1) is 9.85 Å². The van der Waals surface area contributed by atoms with Gasteiger partial charge >= 0.3 is 0 Å². The van der Waals surface area contributed by atoms with Crippen LogP contribution in [-0.4, -0.2) is 15.0 Å². The number of hydrogen-bond acceptors (Lipinski definition) is 6. The Balaban J connectivity index is 2.18. The fourth-order valence-electron chi connectivity index (χ4n) is 1.83. The summed E-state index contributed by atoms with van der Waals surface area (Å²) in [6.45, 7) is 0. The standard InChI is InChI=1S/C16H12N2O6/c19-15-11-13(7-9-18(22)23)4-5-16(15)24-14-3-1-2-12(10-14)6-8-17(20)21/h1-11,19H. The zero-order valence-corrected chi connectivity index (χ0v) is 12.2. The van der Waals surface area contributed by atoms with Gasteiger partial charge in [-0.25, -0.2) is 0 Å². The molecule has 2 rings (SSSR count). The average Bonchev–Trinajstić information content (AvgIpc) is 2.53. The van der Waals surface area contributed by atoms with Gasteiger partial charge < -0.3 is 9.84 Å². The van der Waals surface area contributed by atoms with Crippen molar-refractivity contribution in [2.45, 2.75) is 0 Å². The Kier molecular flexibility index (Phi) is 5.24. The Bertz CT molecular complexity index is 829. The van der Waals surface area contributed by atoms with Gasteiger partial charge in [0, 0.05) is 12.2 Å². The van der Waals surface area contributed by atoms with E-state index in [4.69, 9.17) is 4.74 Å². The van der Waals surface area contributed by atoms with Crippen LogP contribution in [0.2, 0.25) is 0 Å². The SMILES string of the molecule is O=[N+]([O-])C=Cc1cccc(Oc2ccc(C=C[N+](=O)[O-])cc2O)c1. The highest BCUT2D eigenvalue weighted by atomic mass is 16.6. The fraction of sp³-hybridized carbons (Fsp3) is 0. The van der Waals surface area contributed by atoms with Crippen molar-refractivity contribution in [1.82, 2.24) is 0 Å². The lowest BCUT2D eigenvalue weighted by Crippen LogP contribution is -1.87. The van der Waals surface area contributed by atoms with Gasteiger partial charge in [0.25, 0.3) is 0 Å². The van der Waals surface area contributed by atoms with Crippen molar-refractivity contribution in [3.63, 3.8) is 0 Å². The van der Waals surface area contributed by atoms with Crippen molar-refractivity contribution in [1.29, 1.82) is 0 Å². The fourth-order valence-corrected chi connectivity index (χ4v) is 1.83. The third-order valence-corrected chi connectivity index (χ3v) is 2.85. The first-order chi connectivity index (χ1) is 11.4. The summed E-state index contributed by atoms with van der Waals surface area (Å²) >= 11 is 0. The highest BCUT2D eigenvalue weighted by Crippen LogP contribution is 2.32. The Morgan fingerprint density at radius 3 is 2.12 bits per heavy atom. The number of ether oxygens (including phenoxy) is 1. The maximum Gasteiger partial charge on any atom is 0.235 e. The number of nitrogens with zero attached hydrogens (tertiary/aromatic N) is 2. The minimum atomic E-state index is -0.606. The molecule has 1 N–H and O–H groups in total. The molecule has 0 radical (unpaired) electrons. The molecule has 0 aliphatic heterocycles. The van der Waals surface area contributed by atoms with Crippen LogP contribution >= 0.6 is 0 Å². The second-order valence-electron chi connectivity index (χ2n) is 4.60. The van der Waals surface area contributed by atoms with Gasteiger partial charge in [-0.3, -0.25) is 20.2 Å². The predicted molar refractivity (Wildman–Crippen MR) is 86.7 cm³/mol. The summed E-state index contributed by atoms with van der Waals surface area (Å²) in [7, 11) is 0. The zero-order valence-electron chi connectivity index (χ0n) is 12.2. The van der Waals surface area contributed by atoms with E-state index in [0.29, 0.717) is 16.9 Å². The number of aromatic hydroxyl groups is 1. The number of hydrogen-bond donors (Lipinski definition) is 1. The summed E-state index contributed by atoms with van der Waals surface area (Å²) in [5, 5.41) is 30.5. The normalized spacial score (nSPS) is 11.0. The molecule has 24 heavy (non-hydrogen) atoms. The van der Waals surface area contributed by atoms with Gasteiger partial charge in [0.2, 0.25) is 12.4 Å². The topological polar surface area (TPSA) is 116 Å². The van der Waals surface area contributed by atoms with E-state index in [9.17, 15) is 25.3 Å². The van der Waals surface area contributed by atoms with Gasteiger partial charge in [-0.2, -0.15) is 0 Å². The molecule has 0 saturated carbocycles. The minimum Gasteiger partial charge on any atom is -0.504 e. The van der Waals surface area contributed by atoms with Gasteiger partial charge in [0.1, 0.15) is 5.75 Å². The number of rotatable bonds is 6. The lowest BCUT2D eigenvalue weighted by atomic mass is 10.2. The number of benzene rings is 2. The molecule has 0 spiro atoms. The molecule has 0 bridgehead atoms. The highest BCUT2D eigenvalue weighted by molar-refractivity contribution is 5.56. The van der Waals surface area contributed by atoms with E-state index in [-0.39, 0.29) is 11.5 Å². The lowest BCUT2D eigenvalue weighted by molar-refractivity contribution is -0.401. The molecule has 2 aromatic carbocycles. The molecule has 0 amide bonds. The molecule has 122 valence electrons. The predicted octanol–water partition coefficient (Wildman–Crippen LogP) is 3.68. The molecule has 0 aliphatic rings. The Hall–Kier alpha value is -3.68. The monoisotopic (exact) mass is 328 g/mol. The summed E-state index contributed by atoms with van der Waals surface area (Å²) in [5.74, 6) is 0.347. The van der Waals surface area contributed by atoms with Crippen LogP contribution < -0.4 is 4.74 Å². The molecule has 8 nitrogen and oxygen atoms in total. The van der Waals surface area contributed by atoms with Crippen LogP contribution in [-0.2, 0) is 0 Å². The first-order valence-corrected chi connectivity index (χ1v) is 6.68. The van der Waals surface area contributed by atoms with Crippen molar-refractivity contribution < 1.29 is 19.7 Å². The molecule has 0 heterocycles. The second kappa shape index (κ2) is 7.54. The van der Waals surface area contributed by atoms with Crippen LogP contribution in [0.15, 0.2) is 54.9 Å². The van der Waals surface area contributed by atoms with E-state index < -0.39 is 9.85 Å². The molecule has 2 aromatic rings. The quantitative estimate of drug-likeness (QED) is 0.638. The smallest absolute Gasteiger partial charge is 0.235 e. The van der Waals surface area contributed by atoms with Crippen molar-refractivity contribution >= 4 is 12.2 Å². The summed E-state index contributed by atoms with van der Waals surface area (Å²) in [6.07, 6.45) is 4.14. The molecule has 0 fully saturated rings. The molecule has 8 heteroatoms. The van der Waals surface area contributed by atoms with Crippen molar-refractivity contribution in [3.05, 3.63) is 86.2 Å². The molecule has 0 unspecified atom stereocenters. The van der Waals surface area contributed by atoms with E-state index in [2.05, 4.69) is 0 Å². The highest BCUT2D eigenvalue weighted by Gasteiger charge is 2.05. The second-order valence-corrected chi connectivity index (χ2v) is 4.60. The van der Waals surface area contributed by atoms with E-state index >= 15 is 0 Å². The summed E-state index contributed by atoms with van der Waals surface area (Å²) < 4.78 is 5.53. The van der Waals surface area contributed by atoms with Crippen molar-refractivity contribution in [2.75, 3.05) is 0 Å². The van der Waals surface area contributed by atoms with Gasteiger partial charge in [-0.15, -0.1) is 0 Å². The number of nitro groups is 2. The minimum absolute atomic E-state index is 0.156. The zero-order chi connectivity index (χ0) is 17.5. The molecular formula is C16H12N2O6. The Labute approximate surface area is 136 Å². The first-order valence-electron chi connectivity index (χ1n) is 6.68. The third kappa shape index (κ3) is 4.95. The van der Waals surface area contributed by atoms with Crippen LogP contribution in [0.5, 0.6) is 17.2 Å². The van der Waals surface area contributed by atoms with Crippen LogP contribution in [0.4, 0.5) is 0 Å². The van der Waals surface area contributed by atoms with Crippen LogP contribution in [0.25, 0.3) is 12.2 Å². The largest absolute Gasteiger partial charge is 0.504 e. The lowest BCUT2D eigenvalue weighted by Gasteiger charge is -2.08. The van der Waals surface area contributed by atoms with Crippen LogP contribution in [0.3, 0.4) is 0 Å². The molecular weight excluding hydrogens is 316 g/mol. The Morgan fingerprint density at radius 1 is 0.917 bits per heavy atom. The molecule has 0 aliphatic carbocycles. The molecule has 0 saturated heterocycles. The van der Waals surface area contributed by atoms with Gasteiger partial charge in [0.15, 0.2) is 11.5 Å². The van der Waals surface area contributed by atoms with Crippen LogP contribution in [0, 0.1) is 20.2 Å². The van der Waals surface area contributed by atoms with Crippen LogP contribution in [0.1, 0.15) is 11.1 Å². The first kappa shape index (κ1) is 16.7. The summed E-state index contributed by atoms with van der Waals surface area (Å²) in [4.78, 5) is 19.4. The van der Waals surface area contributed by atoms with Crippen molar-refractivity contribution in [3.8, 4) is 17.2 Å². The van der Waals surface area contributed by atoms with E-state index in [0.717, 1.165) is 12.4 Å². The Morgan fingerprint density at radius 2 is 1.54 bits per heavy atom. The summed E-state index contributed by atoms with van der Waals surface area (Å²) in [5.41, 5.74) is 1.01. The van der Waals surface area contributed by atoms with E-state index in [1.165, 1.54) is 24.3 Å². The van der Waals surface area contributed by atoms with Gasteiger partial charge in [-0.1, -0.05) is 18.2 Å². The van der Waals surface area contributed by atoms with Gasteiger partial charge in [-0.05, 0) is 35.4 Å². The summed E-state index contributed by atoms with van der Waals surface area (Å²) in [6, 6.07) is 10.9. The van der Waals surface area contributed by atoms with E-state index in [1.54, 1.807) is 30.3 Å². The maximum absolute atomic E-state index is 10.3. The maximum atomic E-state index is 10.3. The third-order valence-electron chi connectivity index (χ3n) is 2.85. The van der Waals surface area contributed by atoms with E-state index in [1.807, 2.05) is 0 Å². The molecule has 0 aromatic heterocycles. The number of phenols is 1. The van der Waals surface area contributed by atoms with Crippen molar-refractivity contribution in [2.24, 2.45) is 0 Å².